The molecule has 0 radical (unpaired) electrons. The number of hydrogen-bond donors (Lipinski definition) is 1. The number of benzene rings is 2. The van der Waals surface area contributed by atoms with Gasteiger partial charge in [0.05, 0.1) is 11.0 Å². The Kier molecular flexibility index (Phi) is 5.74. The van der Waals surface area contributed by atoms with Crippen LogP contribution >= 0.6 is 15.9 Å². The first-order valence-electron chi connectivity index (χ1n) is 11.6. The molecule has 1 amide bonds. The van der Waals surface area contributed by atoms with Crippen molar-refractivity contribution in [3.05, 3.63) is 63.6 Å². The molecule has 1 spiro atoms. The van der Waals surface area contributed by atoms with Crippen LogP contribution in [0.4, 0.5) is 5.69 Å². The molecule has 2 heterocycles. The molecule has 5 rings (SSSR count). The fourth-order valence-corrected chi connectivity index (χ4v) is 6.27. The lowest BCUT2D eigenvalue weighted by molar-refractivity contribution is 0.100. The standard InChI is InChI=1S/C26H30BrN3O/c1-30-23-17-19(18-11-15-28-16-12-18)9-10-21(23)26(13-5-2-6-14-26)25(30)29-24(31)20-7-3-4-8-22(20)27/h3-4,7-10,17-18,28H,2,5-6,11-16H2,1H3. The van der Waals surface area contributed by atoms with Crippen LogP contribution in [-0.4, -0.2) is 31.9 Å². The molecule has 0 aromatic heterocycles. The summed E-state index contributed by atoms with van der Waals surface area (Å²) in [5.74, 6) is 1.39. The van der Waals surface area contributed by atoms with Gasteiger partial charge in [0.1, 0.15) is 5.84 Å². The predicted molar refractivity (Wildman–Crippen MR) is 130 cm³/mol. The van der Waals surface area contributed by atoms with Crippen LogP contribution in [0, 0.1) is 0 Å². The summed E-state index contributed by atoms with van der Waals surface area (Å²) in [7, 11) is 2.10. The summed E-state index contributed by atoms with van der Waals surface area (Å²) in [5, 5.41) is 3.47. The molecule has 1 aliphatic carbocycles. The van der Waals surface area contributed by atoms with E-state index in [1.165, 1.54) is 48.9 Å². The van der Waals surface area contributed by atoms with Gasteiger partial charge in [0.15, 0.2) is 0 Å². The number of amidine groups is 1. The molecule has 31 heavy (non-hydrogen) atoms. The van der Waals surface area contributed by atoms with Gasteiger partial charge in [-0.1, -0.05) is 43.5 Å². The number of amides is 1. The zero-order valence-electron chi connectivity index (χ0n) is 18.2. The third kappa shape index (κ3) is 3.66. The average Bonchev–Trinajstić information content (AvgIpc) is 3.02. The summed E-state index contributed by atoms with van der Waals surface area (Å²) in [4.78, 5) is 20.2. The van der Waals surface area contributed by atoms with Gasteiger partial charge >= 0.3 is 0 Å². The molecule has 1 saturated heterocycles. The highest BCUT2D eigenvalue weighted by atomic mass is 79.9. The summed E-state index contributed by atoms with van der Waals surface area (Å²) in [6.45, 7) is 2.18. The Morgan fingerprint density at radius 3 is 2.58 bits per heavy atom. The fraction of sp³-hybridized carbons (Fsp3) is 0.462. The Morgan fingerprint density at radius 2 is 1.84 bits per heavy atom. The van der Waals surface area contributed by atoms with E-state index in [1.807, 2.05) is 24.3 Å². The maximum absolute atomic E-state index is 13.2. The van der Waals surface area contributed by atoms with Crippen molar-refractivity contribution >= 4 is 33.4 Å². The minimum Gasteiger partial charge on any atom is -0.332 e. The number of rotatable bonds is 2. The van der Waals surface area contributed by atoms with Crippen LogP contribution in [0.3, 0.4) is 0 Å². The number of piperidine rings is 1. The number of carbonyl (C=O) groups excluding carboxylic acids is 1. The zero-order valence-corrected chi connectivity index (χ0v) is 19.7. The van der Waals surface area contributed by atoms with Crippen LogP contribution in [-0.2, 0) is 5.41 Å². The molecular weight excluding hydrogens is 450 g/mol. The summed E-state index contributed by atoms with van der Waals surface area (Å²) in [6, 6.07) is 14.7. The molecule has 2 aliphatic heterocycles. The summed E-state index contributed by atoms with van der Waals surface area (Å²) in [6.07, 6.45) is 8.15. The third-order valence-corrected chi connectivity index (χ3v) is 8.17. The number of anilines is 1. The zero-order chi connectivity index (χ0) is 21.4. The third-order valence-electron chi connectivity index (χ3n) is 7.47. The van der Waals surface area contributed by atoms with Crippen molar-refractivity contribution in [3.63, 3.8) is 0 Å². The van der Waals surface area contributed by atoms with Crippen LogP contribution in [0.5, 0.6) is 0 Å². The fourth-order valence-electron chi connectivity index (χ4n) is 5.82. The van der Waals surface area contributed by atoms with Gasteiger partial charge in [-0.05, 0) is 89.9 Å². The van der Waals surface area contributed by atoms with Gasteiger partial charge in [0.25, 0.3) is 5.91 Å². The molecule has 2 aromatic rings. The Hall–Kier alpha value is -1.98. The first-order chi connectivity index (χ1) is 15.1. The van der Waals surface area contributed by atoms with Crippen molar-refractivity contribution in [1.29, 1.82) is 0 Å². The van der Waals surface area contributed by atoms with Gasteiger partial charge in [0.2, 0.25) is 0 Å². The van der Waals surface area contributed by atoms with Gasteiger partial charge in [-0.15, -0.1) is 0 Å². The van der Waals surface area contributed by atoms with E-state index in [9.17, 15) is 4.79 Å². The molecule has 2 fully saturated rings. The molecule has 0 bridgehead atoms. The molecule has 0 unspecified atom stereocenters. The molecule has 3 aliphatic rings. The number of nitrogens with zero attached hydrogens (tertiary/aromatic N) is 2. The van der Waals surface area contributed by atoms with E-state index in [1.54, 1.807) is 0 Å². The first-order valence-corrected chi connectivity index (χ1v) is 12.4. The second-order valence-electron chi connectivity index (χ2n) is 9.22. The van der Waals surface area contributed by atoms with E-state index in [0.29, 0.717) is 11.5 Å². The van der Waals surface area contributed by atoms with Gasteiger partial charge in [-0.25, -0.2) is 0 Å². The van der Waals surface area contributed by atoms with Crippen LogP contribution in [0.15, 0.2) is 51.9 Å². The van der Waals surface area contributed by atoms with Crippen LogP contribution in [0.2, 0.25) is 0 Å². The maximum atomic E-state index is 13.2. The average molecular weight is 480 g/mol. The SMILES string of the molecule is CN1C(=NC(=O)c2ccccc2Br)C2(CCCCC2)c2ccc(C3CCNCC3)cc21. The van der Waals surface area contributed by atoms with Gasteiger partial charge in [-0.3, -0.25) is 4.79 Å². The van der Waals surface area contributed by atoms with Crippen molar-refractivity contribution in [2.45, 2.75) is 56.3 Å². The number of nitrogens with one attached hydrogen (secondary N) is 1. The molecular formula is C26H30BrN3O. The topological polar surface area (TPSA) is 44.7 Å². The highest BCUT2D eigenvalue weighted by molar-refractivity contribution is 9.10. The lowest BCUT2D eigenvalue weighted by atomic mass is 9.69. The summed E-state index contributed by atoms with van der Waals surface area (Å²) >= 11 is 3.52. The van der Waals surface area contributed by atoms with Gasteiger partial charge in [0, 0.05) is 17.2 Å². The smallest absolute Gasteiger partial charge is 0.279 e. The molecule has 5 heteroatoms. The minimum absolute atomic E-state index is 0.133. The summed E-state index contributed by atoms with van der Waals surface area (Å²) in [5.41, 5.74) is 4.53. The van der Waals surface area contributed by atoms with E-state index >= 15 is 0 Å². The van der Waals surface area contributed by atoms with Gasteiger partial charge in [-0.2, -0.15) is 4.99 Å². The predicted octanol–water partition coefficient (Wildman–Crippen LogP) is 5.81. The number of hydrogen-bond acceptors (Lipinski definition) is 2. The number of halogens is 1. The molecule has 162 valence electrons. The minimum atomic E-state index is -0.161. The Morgan fingerprint density at radius 1 is 1.10 bits per heavy atom. The second-order valence-corrected chi connectivity index (χ2v) is 10.1. The maximum Gasteiger partial charge on any atom is 0.279 e. The second kappa shape index (κ2) is 8.51. The largest absolute Gasteiger partial charge is 0.332 e. The number of aliphatic imine (C=N–C) groups is 1. The highest BCUT2D eigenvalue weighted by Crippen LogP contribution is 2.51. The van der Waals surface area contributed by atoms with Crippen molar-refractivity contribution < 1.29 is 4.79 Å². The number of carbonyl (C=O) groups is 1. The quantitative estimate of drug-likeness (QED) is 0.591. The van der Waals surface area contributed by atoms with E-state index < -0.39 is 0 Å². The van der Waals surface area contributed by atoms with Crippen LogP contribution in [0.1, 0.15) is 72.3 Å². The Balaban J connectivity index is 1.57. The highest BCUT2D eigenvalue weighted by Gasteiger charge is 2.48. The number of likely N-dealkylation sites (N-methyl/N-ethyl adjacent to an activating group) is 1. The normalized spacial score (nSPS) is 22.1. The lowest BCUT2D eigenvalue weighted by Crippen LogP contribution is -2.41. The molecule has 0 atom stereocenters. The van der Waals surface area contributed by atoms with Crippen molar-refractivity contribution in [2.24, 2.45) is 4.99 Å². The molecule has 1 N–H and O–H groups in total. The van der Waals surface area contributed by atoms with Crippen molar-refractivity contribution in [3.8, 4) is 0 Å². The van der Waals surface area contributed by atoms with Gasteiger partial charge < -0.3 is 10.2 Å². The van der Waals surface area contributed by atoms with E-state index in [0.717, 1.165) is 36.2 Å². The van der Waals surface area contributed by atoms with E-state index in [4.69, 9.17) is 4.99 Å². The molecule has 1 saturated carbocycles. The van der Waals surface area contributed by atoms with Crippen LogP contribution < -0.4 is 10.2 Å². The van der Waals surface area contributed by atoms with Crippen LogP contribution in [0.25, 0.3) is 0 Å². The number of fused-ring (bicyclic) bond motifs is 2. The van der Waals surface area contributed by atoms with E-state index in [-0.39, 0.29) is 11.3 Å². The molecule has 4 nitrogen and oxygen atoms in total. The Labute approximate surface area is 193 Å². The molecule has 2 aromatic carbocycles. The Bertz CT molecular complexity index is 1020. The monoisotopic (exact) mass is 479 g/mol. The van der Waals surface area contributed by atoms with Crippen molar-refractivity contribution in [1.82, 2.24) is 5.32 Å². The van der Waals surface area contributed by atoms with E-state index in [2.05, 4.69) is 51.4 Å². The first kappa shape index (κ1) is 20.9. The lowest BCUT2D eigenvalue weighted by Gasteiger charge is -2.35. The van der Waals surface area contributed by atoms with Crippen molar-refractivity contribution in [2.75, 3.05) is 25.0 Å². The summed E-state index contributed by atoms with van der Waals surface area (Å²) < 4.78 is 0.799.